The van der Waals surface area contributed by atoms with Gasteiger partial charge < -0.3 is 10.2 Å². The van der Waals surface area contributed by atoms with Gasteiger partial charge in [0.25, 0.3) is 0 Å². The van der Waals surface area contributed by atoms with Crippen LogP contribution in [0.15, 0.2) is 54.6 Å². The first-order valence-corrected chi connectivity index (χ1v) is 10.1. The Kier molecular flexibility index (Phi) is 5.85. The van der Waals surface area contributed by atoms with Crippen molar-refractivity contribution in [2.75, 3.05) is 26.2 Å². The van der Waals surface area contributed by atoms with Crippen molar-refractivity contribution in [1.82, 2.24) is 15.1 Å². The quantitative estimate of drug-likeness (QED) is 0.857. The Morgan fingerprint density at radius 1 is 0.889 bits per heavy atom. The molecule has 4 nitrogen and oxygen atoms in total. The highest BCUT2D eigenvalue weighted by atomic mass is 16.2. The highest BCUT2D eigenvalue weighted by molar-refractivity contribution is 5.78. The van der Waals surface area contributed by atoms with Gasteiger partial charge in [-0.25, -0.2) is 0 Å². The van der Waals surface area contributed by atoms with E-state index in [0.717, 1.165) is 52.0 Å². The molecule has 0 bridgehead atoms. The lowest BCUT2D eigenvalue weighted by Crippen LogP contribution is -2.47. The second-order valence-corrected chi connectivity index (χ2v) is 7.83. The molecule has 2 aromatic rings. The third-order valence-electron chi connectivity index (χ3n) is 5.79. The van der Waals surface area contributed by atoms with E-state index < -0.39 is 0 Å². The van der Waals surface area contributed by atoms with E-state index >= 15 is 0 Å². The smallest absolute Gasteiger partial charge is 0.234 e. The van der Waals surface area contributed by atoms with Gasteiger partial charge >= 0.3 is 0 Å². The summed E-state index contributed by atoms with van der Waals surface area (Å²) in [6, 6.07) is 19.5. The standard InChI is InChI=1S/C23H29N3O/c27-23(18-26-16-20-8-4-5-9-21(20)17-26)24-22-11-14-25(15-12-22)13-10-19-6-2-1-3-7-19/h1-9,22H,10-18H2,(H,24,27). The van der Waals surface area contributed by atoms with Gasteiger partial charge in [0.05, 0.1) is 6.54 Å². The zero-order valence-corrected chi connectivity index (χ0v) is 15.9. The number of nitrogens with one attached hydrogen (secondary N) is 1. The Bertz CT molecular complexity index is 728. The zero-order chi connectivity index (χ0) is 18.5. The zero-order valence-electron chi connectivity index (χ0n) is 15.9. The summed E-state index contributed by atoms with van der Waals surface area (Å²) in [4.78, 5) is 17.2. The van der Waals surface area contributed by atoms with Crippen molar-refractivity contribution < 1.29 is 4.79 Å². The average Bonchev–Trinajstić information content (AvgIpc) is 3.10. The first-order chi connectivity index (χ1) is 13.3. The molecular weight excluding hydrogens is 334 g/mol. The molecule has 4 rings (SSSR count). The van der Waals surface area contributed by atoms with E-state index in [4.69, 9.17) is 0 Å². The van der Waals surface area contributed by atoms with E-state index in [0.29, 0.717) is 12.6 Å². The van der Waals surface area contributed by atoms with Crippen molar-refractivity contribution in [3.8, 4) is 0 Å². The molecule has 0 saturated carbocycles. The molecule has 4 heteroatoms. The van der Waals surface area contributed by atoms with Crippen LogP contribution in [0.2, 0.25) is 0 Å². The van der Waals surface area contributed by atoms with Crippen LogP contribution in [0, 0.1) is 0 Å². The van der Waals surface area contributed by atoms with Gasteiger partial charge in [-0.05, 0) is 36.0 Å². The van der Waals surface area contributed by atoms with Crippen LogP contribution in [0.5, 0.6) is 0 Å². The molecule has 1 amide bonds. The second kappa shape index (κ2) is 8.68. The fourth-order valence-corrected chi connectivity index (χ4v) is 4.22. The highest BCUT2D eigenvalue weighted by Crippen LogP contribution is 2.21. The summed E-state index contributed by atoms with van der Waals surface area (Å²) in [6.45, 7) is 5.54. The van der Waals surface area contributed by atoms with Gasteiger partial charge in [0.1, 0.15) is 0 Å². The molecule has 142 valence electrons. The SMILES string of the molecule is O=C(CN1Cc2ccccc2C1)NC1CCN(CCc2ccccc2)CC1. The third-order valence-corrected chi connectivity index (χ3v) is 5.79. The van der Waals surface area contributed by atoms with Crippen LogP contribution in [-0.2, 0) is 24.3 Å². The number of fused-ring (bicyclic) bond motifs is 1. The monoisotopic (exact) mass is 363 g/mol. The summed E-state index contributed by atoms with van der Waals surface area (Å²) < 4.78 is 0. The molecule has 0 spiro atoms. The molecule has 1 N–H and O–H groups in total. The lowest BCUT2D eigenvalue weighted by Gasteiger charge is -2.32. The minimum atomic E-state index is 0.172. The summed E-state index contributed by atoms with van der Waals surface area (Å²) in [5.41, 5.74) is 4.12. The maximum Gasteiger partial charge on any atom is 0.234 e. The van der Waals surface area contributed by atoms with E-state index in [1.807, 2.05) is 0 Å². The minimum absolute atomic E-state index is 0.172. The molecule has 1 fully saturated rings. The molecule has 2 aliphatic rings. The maximum atomic E-state index is 12.4. The summed E-state index contributed by atoms with van der Waals surface area (Å²) in [5, 5.41) is 3.26. The van der Waals surface area contributed by atoms with Crippen molar-refractivity contribution in [2.45, 2.75) is 38.4 Å². The topological polar surface area (TPSA) is 35.6 Å². The highest BCUT2D eigenvalue weighted by Gasteiger charge is 2.23. The van der Waals surface area contributed by atoms with E-state index in [2.05, 4.69) is 69.7 Å². The predicted molar refractivity (Wildman–Crippen MR) is 108 cm³/mol. The molecule has 0 atom stereocenters. The van der Waals surface area contributed by atoms with Gasteiger partial charge in [-0.1, -0.05) is 54.6 Å². The number of rotatable bonds is 6. The molecule has 2 aromatic carbocycles. The van der Waals surface area contributed by atoms with Crippen LogP contribution in [0.1, 0.15) is 29.5 Å². The molecule has 0 radical (unpaired) electrons. The van der Waals surface area contributed by atoms with Crippen LogP contribution in [-0.4, -0.2) is 47.9 Å². The number of likely N-dealkylation sites (tertiary alicyclic amines) is 1. The summed E-state index contributed by atoms with van der Waals surface area (Å²) in [6.07, 6.45) is 3.22. The van der Waals surface area contributed by atoms with Crippen LogP contribution in [0.4, 0.5) is 0 Å². The van der Waals surface area contributed by atoms with E-state index in [1.165, 1.54) is 16.7 Å². The molecule has 2 heterocycles. The molecule has 1 saturated heterocycles. The second-order valence-electron chi connectivity index (χ2n) is 7.83. The lowest BCUT2D eigenvalue weighted by molar-refractivity contribution is -0.123. The van der Waals surface area contributed by atoms with E-state index in [1.54, 1.807) is 0 Å². The molecule has 27 heavy (non-hydrogen) atoms. The van der Waals surface area contributed by atoms with Gasteiger partial charge in [-0.2, -0.15) is 0 Å². The normalized spacial score (nSPS) is 18.4. The maximum absolute atomic E-state index is 12.4. The predicted octanol–water partition coefficient (Wildman–Crippen LogP) is 2.83. The molecule has 0 aliphatic carbocycles. The van der Waals surface area contributed by atoms with Gasteiger partial charge in [0, 0.05) is 38.8 Å². The number of nitrogens with zero attached hydrogens (tertiary/aromatic N) is 2. The molecule has 0 unspecified atom stereocenters. The largest absolute Gasteiger partial charge is 0.352 e. The van der Waals surface area contributed by atoms with Gasteiger partial charge in [0.15, 0.2) is 0 Å². The summed E-state index contributed by atoms with van der Waals surface area (Å²) in [5.74, 6) is 0.172. The molecule has 2 aliphatic heterocycles. The van der Waals surface area contributed by atoms with Gasteiger partial charge in [-0.3, -0.25) is 9.69 Å². The third kappa shape index (κ3) is 4.96. The van der Waals surface area contributed by atoms with Crippen LogP contribution in [0.25, 0.3) is 0 Å². The number of carbonyl (C=O) groups is 1. The van der Waals surface area contributed by atoms with Crippen molar-refractivity contribution in [3.63, 3.8) is 0 Å². The Morgan fingerprint density at radius 3 is 2.19 bits per heavy atom. The van der Waals surface area contributed by atoms with Crippen molar-refractivity contribution in [2.24, 2.45) is 0 Å². The number of carbonyl (C=O) groups excluding carboxylic acids is 1. The number of piperidine rings is 1. The number of benzene rings is 2. The lowest BCUT2D eigenvalue weighted by atomic mass is 10.0. The van der Waals surface area contributed by atoms with E-state index in [-0.39, 0.29) is 5.91 Å². The first kappa shape index (κ1) is 18.2. The fraction of sp³-hybridized carbons (Fsp3) is 0.435. The van der Waals surface area contributed by atoms with Crippen molar-refractivity contribution >= 4 is 5.91 Å². The van der Waals surface area contributed by atoms with Crippen LogP contribution < -0.4 is 5.32 Å². The Hall–Kier alpha value is -2.17. The van der Waals surface area contributed by atoms with Gasteiger partial charge in [0.2, 0.25) is 5.91 Å². The summed E-state index contributed by atoms with van der Waals surface area (Å²) >= 11 is 0. The average molecular weight is 364 g/mol. The number of amides is 1. The molecule has 0 aromatic heterocycles. The Balaban J connectivity index is 1.16. The van der Waals surface area contributed by atoms with Crippen molar-refractivity contribution in [3.05, 3.63) is 71.3 Å². The number of hydrogen-bond acceptors (Lipinski definition) is 3. The molecular formula is C23H29N3O. The minimum Gasteiger partial charge on any atom is -0.352 e. The fourth-order valence-electron chi connectivity index (χ4n) is 4.22. The Labute approximate surface area is 162 Å². The Morgan fingerprint density at radius 2 is 1.52 bits per heavy atom. The first-order valence-electron chi connectivity index (χ1n) is 10.1. The van der Waals surface area contributed by atoms with E-state index in [9.17, 15) is 4.79 Å². The number of hydrogen-bond donors (Lipinski definition) is 1. The summed E-state index contributed by atoms with van der Waals surface area (Å²) in [7, 11) is 0. The van der Waals surface area contributed by atoms with Gasteiger partial charge in [-0.15, -0.1) is 0 Å². The van der Waals surface area contributed by atoms with Crippen LogP contribution in [0.3, 0.4) is 0 Å². The van der Waals surface area contributed by atoms with Crippen LogP contribution >= 0.6 is 0 Å². The van der Waals surface area contributed by atoms with Crippen molar-refractivity contribution in [1.29, 1.82) is 0 Å².